The van der Waals surface area contributed by atoms with Gasteiger partial charge in [-0.15, -0.1) is 0 Å². The Morgan fingerprint density at radius 1 is 0.750 bits per heavy atom. The van der Waals surface area contributed by atoms with E-state index in [1.54, 1.807) is 11.1 Å². The molecular weight excluding hydrogens is 240 g/mol. The molecule has 0 heterocycles. The molecule has 0 nitrogen and oxygen atoms in total. The first-order chi connectivity index (χ1) is 9.58. The molecule has 0 aliphatic rings. The fraction of sp³-hybridized carbons (Fsp3) is 0.500. The van der Waals surface area contributed by atoms with Crippen molar-refractivity contribution in [2.45, 2.75) is 53.4 Å². The lowest BCUT2D eigenvalue weighted by Crippen LogP contribution is -2.01. The predicted molar refractivity (Wildman–Crippen MR) is 90.3 cm³/mol. The molecule has 20 heavy (non-hydrogen) atoms. The van der Waals surface area contributed by atoms with Gasteiger partial charge in [-0.3, -0.25) is 0 Å². The van der Waals surface area contributed by atoms with E-state index in [4.69, 9.17) is 0 Å². The lowest BCUT2D eigenvalue weighted by molar-refractivity contribution is 0.572. The molecule has 0 heteroatoms. The molecule has 0 aliphatic heterocycles. The summed E-state index contributed by atoms with van der Waals surface area (Å²) in [5.41, 5.74) is 3.16. The van der Waals surface area contributed by atoms with E-state index in [-0.39, 0.29) is 0 Å². The lowest BCUT2D eigenvalue weighted by atomic mass is 9.90. The van der Waals surface area contributed by atoms with Crippen LogP contribution in [0.25, 0.3) is 10.8 Å². The molecule has 0 bridgehead atoms. The molecule has 2 rings (SSSR count). The van der Waals surface area contributed by atoms with Crippen LogP contribution in [0.5, 0.6) is 0 Å². The Labute approximate surface area is 124 Å². The SMILES string of the molecule is CC(C)CCc1ccc2ccccc2c1CCC(C)C. The number of aryl methyl sites for hydroxylation is 2. The molecule has 0 saturated heterocycles. The summed E-state index contributed by atoms with van der Waals surface area (Å²) in [5.74, 6) is 1.55. The number of rotatable bonds is 6. The fourth-order valence-corrected chi connectivity index (χ4v) is 2.79. The second kappa shape index (κ2) is 6.92. The minimum absolute atomic E-state index is 0.770. The van der Waals surface area contributed by atoms with Gasteiger partial charge in [0.25, 0.3) is 0 Å². The van der Waals surface area contributed by atoms with E-state index in [9.17, 15) is 0 Å². The van der Waals surface area contributed by atoms with Crippen LogP contribution in [0.1, 0.15) is 51.7 Å². The second-order valence-corrected chi connectivity index (χ2v) is 6.79. The maximum absolute atomic E-state index is 2.36. The van der Waals surface area contributed by atoms with Crippen molar-refractivity contribution in [1.82, 2.24) is 0 Å². The molecule has 0 spiro atoms. The first-order valence-corrected chi connectivity index (χ1v) is 8.07. The minimum Gasteiger partial charge on any atom is -0.0628 e. The average Bonchev–Trinajstić information content (AvgIpc) is 2.42. The zero-order valence-electron chi connectivity index (χ0n) is 13.4. The van der Waals surface area contributed by atoms with Gasteiger partial charge >= 0.3 is 0 Å². The van der Waals surface area contributed by atoms with Crippen molar-refractivity contribution in [3.8, 4) is 0 Å². The molecule has 0 N–H and O–H groups in total. The highest BCUT2D eigenvalue weighted by Crippen LogP contribution is 2.26. The molecule has 0 saturated carbocycles. The first-order valence-electron chi connectivity index (χ1n) is 8.07. The zero-order chi connectivity index (χ0) is 14.5. The monoisotopic (exact) mass is 268 g/mol. The van der Waals surface area contributed by atoms with Gasteiger partial charge in [-0.05, 0) is 59.4 Å². The molecule has 108 valence electrons. The largest absolute Gasteiger partial charge is 0.0628 e. The summed E-state index contributed by atoms with van der Waals surface area (Å²) in [6.07, 6.45) is 5.00. The highest BCUT2D eigenvalue weighted by molar-refractivity contribution is 5.86. The first kappa shape index (κ1) is 15.1. The number of hydrogen-bond acceptors (Lipinski definition) is 0. The van der Waals surface area contributed by atoms with E-state index < -0.39 is 0 Å². The van der Waals surface area contributed by atoms with Crippen LogP contribution in [0.15, 0.2) is 36.4 Å². The predicted octanol–water partition coefficient (Wildman–Crippen LogP) is 6.02. The van der Waals surface area contributed by atoms with Crippen LogP contribution >= 0.6 is 0 Å². The third kappa shape index (κ3) is 3.85. The number of fused-ring (bicyclic) bond motifs is 1. The van der Waals surface area contributed by atoms with E-state index in [1.165, 1.54) is 36.5 Å². The minimum atomic E-state index is 0.770. The summed E-state index contributed by atoms with van der Waals surface area (Å²) in [7, 11) is 0. The summed E-state index contributed by atoms with van der Waals surface area (Å²) in [5, 5.41) is 2.86. The van der Waals surface area contributed by atoms with E-state index >= 15 is 0 Å². The topological polar surface area (TPSA) is 0 Å². The van der Waals surface area contributed by atoms with Crippen molar-refractivity contribution in [2.75, 3.05) is 0 Å². The molecular formula is C20H28. The normalized spacial score (nSPS) is 11.7. The Kier molecular flexibility index (Phi) is 5.23. The van der Waals surface area contributed by atoms with Crippen molar-refractivity contribution >= 4 is 10.8 Å². The quantitative estimate of drug-likeness (QED) is 0.601. The lowest BCUT2D eigenvalue weighted by Gasteiger charge is -2.15. The van der Waals surface area contributed by atoms with E-state index in [1.807, 2.05) is 0 Å². The molecule has 0 fully saturated rings. The van der Waals surface area contributed by atoms with E-state index in [0.29, 0.717) is 0 Å². The van der Waals surface area contributed by atoms with Gasteiger partial charge in [0.05, 0.1) is 0 Å². The van der Waals surface area contributed by atoms with Gasteiger partial charge in [0.1, 0.15) is 0 Å². The Bertz CT molecular complexity index is 549. The van der Waals surface area contributed by atoms with Gasteiger partial charge in [-0.2, -0.15) is 0 Å². The molecule has 2 aromatic carbocycles. The molecule has 0 atom stereocenters. The molecule has 0 radical (unpaired) electrons. The van der Waals surface area contributed by atoms with Gasteiger partial charge in [0.2, 0.25) is 0 Å². The summed E-state index contributed by atoms with van der Waals surface area (Å²) in [6.45, 7) is 9.27. The third-order valence-electron chi connectivity index (χ3n) is 4.10. The standard InChI is InChI=1S/C20H28/c1-15(2)9-11-18-13-12-17-7-5-6-8-19(17)20(18)14-10-16(3)4/h5-8,12-13,15-16H,9-11,14H2,1-4H3. The van der Waals surface area contributed by atoms with Crippen molar-refractivity contribution in [2.24, 2.45) is 11.8 Å². The summed E-state index contributed by atoms with van der Waals surface area (Å²) in [4.78, 5) is 0. The zero-order valence-corrected chi connectivity index (χ0v) is 13.4. The summed E-state index contributed by atoms with van der Waals surface area (Å²) < 4.78 is 0. The van der Waals surface area contributed by atoms with Crippen molar-refractivity contribution in [1.29, 1.82) is 0 Å². The van der Waals surface area contributed by atoms with Gasteiger partial charge in [-0.1, -0.05) is 64.1 Å². The third-order valence-corrected chi connectivity index (χ3v) is 4.10. The maximum atomic E-state index is 2.36. The number of hydrogen-bond donors (Lipinski definition) is 0. The molecule has 0 unspecified atom stereocenters. The Balaban J connectivity index is 2.36. The van der Waals surface area contributed by atoms with Crippen molar-refractivity contribution < 1.29 is 0 Å². The Morgan fingerprint density at radius 2 is 1.40 bits per heavy atom. The van der Waals surface area contributed by atoms with Crippen LogP contribution in [0, 0.1) is 11.8 Å². The molecule has 0 aromatic heterocycles. The highest BCUT2D eigenvalue weighted by Gasteiger charge is 2.09. The highest BCUT2D eigenvalue weighted by atomic mass is 14.1. The van der Waals surface area contributed by atoms with Crippen molar-refractivity contribution in [3.05, 3.63) is 47.5 Å². The van der Waals surface area contributed by atoms with Crippen LogP contribution in [0.3, 0.4) is 0 Å². The second-order valence-electron chi connectivity index (χ2n) is 6.79. The van der Waals surface area contributed by atoms with Crippen molar-refractivity contribution in [3.63, 3.8) is 0 Å². The van der Waals surface area contributed by atoms with Crippen LogP contribution in [-0.4, -0.2) is 0 Å². The van der Waals surface area contributed by atoms with Gasteiger partial charge in [-0.25, -0.2) is 0 Å². The summed E-state index contributed by atoms with van der Waals surface area (Å²) >= 11 is 0. The van der Waals surface area contributed by atoms with Gasteiger partial charge in [0, 0.05) is 0 Å². The average molecular weight is 268 g/mol. The Hall–Kier alpha value is -1.30. The van der Waals surface area contributed by atoms with Crippen LogP contribution < -0.4 is 0 Å². The summed E-state index contributed by atoms with van der Waals surface area (Å²) in [6, 6.07) is 13.5. The fourth-order valence-electron chi connectivity index (χ4n) is 2.79. The van der Waals surface area contributed by atoms with Crippen LogP contribution in [0.4, 0.5) is 0 Å². The van der Waals surface area contributed by atoms with Gasteiger partial charge < -0.3 is 0 Å². The molecule has 0 amide bonds. The van der Waals surface area contributed by atoms with Gasteiger partial charge in [0.15, 0.2) is 0 Å². The number of benzene rings is 2. The van der Waals surface area contributed by atoms with Crippen LogP contribution in [0.2, 0.25) is 0 Å². The van der Waals surface area contributed by atoms with E-state index in [0.717, 1.165) is 11.8 Å². The molecule has 2 aromatic rings. The molecule has 0 aliphatic carbocycles. The maximum Gasteiger partial charge on any atom is -0.0149 e. The van der Waals surface area contributed by atoms with E-state index in [2.05, 4.69) is 64.1 Å². The smallest absolute Gasteiger partial charge is 0.0149 e. The van der Waals surface area contributed by atoms with Crippen LogP contribution in [-0.2, 0) is 12.8 Å². The Morgan fingerprint density at radius 3 is 2.10 bits per heavy atom.